The van der Waals surface area contributed by atoms with Crippen molar-refractivity contribution in [3.63, 3.8) is 0 Å². The van der Waals surface area contributed by atoms with Gasteiger partial charge in [0.25, 0.3) is 0 Å². The van der Waals surface area contributed by atoms with Crippen LogP contribution in [0.15, 0.2) is 0 Å². The maximum atomic E-state index is 3.49. The van der Waals surface area contributed by atoms with Crippen molar-refractivity contribution >= 4 is 0 Å². The van der Waals surface area contributed by atoms with Gasteiger partial charge in [-0.25, -0.2) is 0 Å². The quantitative estimate of drug-likeness (QED) is 0.825. The maximum Gasteiger partial charge on any atom is 0.00106 e. The van der Waals surface area contributed by atoms with Crippen molar-refractivity contribution in [2.24, 2.45) is 17.8 Å². The molecule has 0 aromatic rings. The lowest BCUT2D eigenvalue weighted by molar-refractivity contribution is 0.133. The van der Waals surface area contributed by atoms with Gasteiger partial charge in [-0.3, -0.25) is 0 Å². The number of nitrogens with one attached hydrogen (secondary N) is 2. The highest BCUT2D eigenvalue weighted by Gasteiger charge is 2.25. The van der Waals surface area contributed by atoms with Crippen LogP contribution in [-0.2, 0) is 0 Å². The molecule has 0 bridgehead atoms. The highest BCUT2D eigenvalue weighted by molar-refractivity contribution is 4.79. The first-order valence-corrected chi connectivity index (χ1v) is 9.04. The van der Waals surface area contributed by atoms with Gasteiger partial charge in [0.15, 0.2) is 0 Å². The lowest BCUT2D eigenvalue weighted by Gasteiger charge is -2.37. The average molecular weight is 279 g/mol. The number of nitrogens with zero attached hydrogens (tertiary/aromatic N) is 1. The Bertz CT molecular complexity index is 233. The molecule has 3 nitrogen and oxygen atoms in total. The van der Waals surface area contributed by atoms with Crippen molar-refractivity contribution in [3.05, 3.63) is 0 Å². The van der Waals surface area contributed by atoms with Crippen molar-refractivity contribution < 1.29 is 0 Å². The summed E-state index contributed by atoms with van der Waals surface area (Å²) in [4.78, 5) is 2.76. The van der Waals surface area contributed by atoms with E-state index in [1.165, 1.54) is 90.8 Å². The smallest absolute Gasteiger partial charge is 0.00106 e. The second-order valence-electron chi connectivity index (χ2n) is 7.37. The molecule has 0 aliphatic carbocycles. The zero-order valence-electron chi connectivity index (χ0n) is 13.1. The molecular weight excluding hydrogens is 246 g/mol. The molecule has 0 amide bonds. The zero-order chi connectivity index (χ0) is 13.6. The van der Waals surface area contributed by atoms with Crippen LogP contribution >= 0.6 is 0 Å². The van der Waals surface area contributed by atoms with Crippen molar-refractivity contribution in [3.8, 4) is 0 Å². The number of rotatable bonds is 4. The normalized spacial score (nSPS) is 28.8. The molecule has 20 heavy (non-hydrogen) atoms. The van der Waals surface area contributed by atoms with Crippen LogP contribution in [0.1, 0.15) is 44.9 Å². The standard InChI is InChI=1S/C17H33N3/c1-7-18-8-2-15(1)13-16-5-11-20(12-6-16)14-17-3-9-19-10-4-17/h15-19H,1-14H2. The van der Waals surface area contributed by atoms with Crippen LogP contribution in [0.5, 0.6) is 0 Å². The predicted octanol–water partition coefficient (Wildman–Crippen LogP) is 2.09. The lowest BCUT2D eigenvalue weighted by Crippen LogP contribution is -2.40. The van der Waals surface area contributed by atoms with E-state index in [9.17, 15) is 0 Å². The molecule has 0 radical (unpaired) electrons. The number of hydrogen-bond acceptors (Lipinski definition) is 3. The SMILES string of the molecule is C1CC(CC2CCN(CC3CCNCC3)CC2)CCN1. The largest absolute Gasteiger partial charge is 0.317 e. The van der Waals surface area contributed by atoms with E-state index in [1.807, 2.05) is 0 Å². The van der Waals surface area contributed by atoms with Crippen molar-refractivity contribution in [1.29, 1.82) is 0 Å². The number of piperidine rings is 3. The van der Waals surface area contributed by atoms with E-state index < -0.39 is 0 Å². The summed E-state index contributed by atoms with van der Waals surface area (Å²) in [6.45, 7) is 9.15. The Balaban J connectivity index is 1.33. The second kappa shape index (κ2) is 7.77. The Labute approximate surface area is 124 Å². The van der Waals surface area contributed by atoms with Crippen LogP contribution in [0.3, 0.4) is 0 Å². The monoisotopic (exact) mass is 279 g/mol. The maximum absolute atomic E-state index is 3.49. The molecular formula is C17H33N3. The van der Waals surface area contributed by atoms with Crippen molar-refractivity contribution in [1.82, 2.24) is 15.5 Å². The van der Waals surface area contributed by atoms with Crippen molar-refractivity contribution in [2.45, 2.75) is 44.9 Å². The summed E-state index contributed by atoms with van der Waals surface area (Å²) in [6, 6.07) is 0. The molecule has 3 aliphatic rings. The highest BCUT2D eigenvalue weighted by Crippen LogP contribution is 2.29. The molecule has 3 fully saturated rings. The van der Waals surface area contributed by atoms with Gasteiger partial charge >= 0.3 is 0 Å². The molecule has 0 atom stereocenters. The molecule has 3 saturated heterocycles. The molecule has 3 rings (SSSR count). The van der Waals surface area contributed by atoms with E-state index in [-0.39, 0.29) is 0 Å². The molecule has 116 valence electrons. The molecule has 0 spiro atoms. The van der Waals surface area contributed by atoms with E-state index in [4.69, 9.17) is 0 Å². The van der Waals surface area contributed by atoms with Gasteiger partial charge < -0.3 is 15.5 Å². The van der Waals surface area contributed by atoms with Gasteiger partial charge in [0.2, 0.25) is 0 Å². The van der Waals surface area contributed by atoms with Crippen LogP contribution in [0.25, 0.3) is 0 Å². The first kappa shape index (κ1) is 14.8. The van der Waals surface area contributed by atoms with Crippen LogP contribution in [0, 0.1) is 17.8 Å². The zero-order valence-corrected chi connectivity index (χ0v) is 13.1. The van der Waals surface area contributed by atoms with Gasteiger partial charge in [0.05, 0.1) is 0 Å². The van der Waals surface area contributed by atoms with Crippen LogP contribution in [0.4, 0.5) is 0 Å². The van der Waals surface area contributed by atoms with Gasteiger partial charge in [-0.15, -0.1) is 0 Å². The summed E-state index contributed by atoms with van der Waals surface area (Å²) in [5.74, 6) is 3.02. The van der Waals surface area contributed by atoms with Gasteiger partial charge in [-0.2, -0.15) is 0 Å². The average Bonchev–Trinajstić information content (AvgIpc) is 2.51. The summed E-state index contributed by atoms with van der Waals surface area (Å²) >= 11 is 0. The van der Waals surface area contributed by atoms with Gasteiger partial charge in [-0.1, -0.05) is 0 Å². The molecule has 3 heteroatoms. The molecule has 2 N–H and O–H groups in total. The molecule has 0 unspecified atom stereocenters. The summed E-state index contributed by atoms with van der Waals surface area (Å²) in [5.41, 5.74) is 0. The third-order valence-electron chi connectivity index (χ3n) is 5.81. The van der Waals surface area contributed by atoms with Gasteiger partial charge in [0, 0.05) is 6.54 Å². The minimum Gasteiger partial charge on any atom is -0.317 e. The summed E-state index contributed by atoms with van der Waals surface area (Å²) in [5, 5.41) is 6.97. The molecule has 3 aliphatic heterocycles. The molecule has 0 aromatic carbocycles. The lowest BCUT2D eigenvalue weighted by atomic mass is 9.83. The topological polar surface area (TPSA) is 27.3 Å². The van der Waals surface area contributed by atoms with Gasteiger partial charge in [0.1, 0.15) is 0 Å². The first-order valence-electron chi connectivity index (χ1n) is 9.04. The molecule has 0 aromatic heterocycles. The Kier molecular flexibility index (Phi) is 5.75. The Morgan fingerprint density at radius 2 is 1.15 bits per heavy atom. The first-order chi connectivity index (χ1) is 9.90. The Morgan fingerprint density at radius 1 is 0.650 bits per heavy atom. The van der Waals surface area contributed by atoms with Crippen LogP contribution in [-0.4, -0.2) is 50.7 Å². The third kappa shape index (κ3) is 4.44. The summed E-state index contributed by atoms with van der Waals surface area (Å²) < 4.78 is 0. The third-order valence-corrected chi connectivity index (χ3v) is 5.81. The van der Waals surface area contributed by atoms with E-state index in [1.54, 1.807) is 0 Å². The minimum absolute atomic E-state index is 0.970. The Hall–Kier alpha value is -0.120. The fourth-order valence-corrected chi connectivity index (χ4v) is 4.42. The molecule has 0 saturated carbocycles. The van der Waals surface area contributed by atoms with Crippen LogP contribution in [0.2, 0.25) is 0 Å². The summed E-state index contributed by atoms with van der Waals surface area (Å²) in [6.07, 6.45) is 10.1. The second-order valence-corrected chi connectivity index (χ2v) is 7.37. The fourth-order valence-electron chi connectivity index (χ4n) is 4.42. The number of hydrogen-bond donors (Lipinski definition) is 2. The minimum atomic E-state index is 0.970. The summed E-state index contributed by atoms with van der Waals surface area (Å²) in [7, 11) is 0. The fraction of sp³-hybridized carbons (Fsp3) is 1.00. The van der Waals surface area contributed by atoms with Crippen molar-refractivity contribution in [2.75, 3.05) is 45.8 Å². The predicted molar refractivity (Wildman–Crippen MR) is 85.0 cm³/mol. The molecule has 3 heterocycles. The number of likely N-dealkylation sites (tertiary alicyclic amines) is 1. The van der Waals surface area contributed by atoms with Gasteiger partial charge in [-0.05, 0) is 102 Å². The van der Waals surface area contributed by atoms with E-state index in [0.717, 1.165) is 17.8 Å². The Morgan fingerprint density at radius 3 is 1.75 bits per heavy atom. The van der Waals surface area contributed by atoms with E-state index in [0.29, 0.717) is 0 Å². The van der Waals surface area contributed by atoms with E-state index in [2.05, 4.69) is 15.5 Å². The highest BCUT2D eigenvalue weighted by atomic mass is 15.1. The van der Waals surface area contributed by atoms with Crippen LogP contribution < -0.4 is 10.6 Å². The van der Waals surface area contributed by atoms with E-state index >= 15 is 0 Å².